The first-order chi connectivity index (χ1) is 12.8. The standard InChI is InChI=1S/C23H22N2O/c26-23-21(16-18-10-4-1-5-11-18)25(17-19-12-6-2-7-13-19)22(24-23)20-14-8-3-9-15-20/h1-15,21-22H,16-17H2,(H,24,26)/t21-,22?/m0/s1. The summed E-state index contributed by atoms with van der Waals surface area (Å²) in [5.41, 5.74) is 3.51. The summed E-state index contributed by atoms with van der Waals surface area (Å²) in [6.45, 7) is 0.733. The van der Waals surface area contributed by atoms with Gasteiger partial charge in [0.15, 0.2) is 0 Å². The van der Waals surface area contributed by atoms with Crippen molar-refractivity contribution in [1.82, 2.24) is 10.2 Å². The molecule has 1 saturated heterocycles. The second-order valence-electron chi connectivity index (χ2n) is 6.69. The number of nitrogens with one attached hydrogen (secondary N) is 1. The molecule has 1 fully saturated rings. The first-order valence-electron chi connectivity index (χ1n) is 9.00. The van der Waals surface area contributed by atoms with E-state index in [1.807, 2.05) is 54.6 Å². The van der Waals surface area contributed by atoms with Crippen LogP contribution in [0.3, 0.4) is 0 Å². The van der Waals surface area contributed by atoms with Crippen LogP contribution in [-0.4, -0.2) is 16.8 Å². The number of hydrogen-bond donors (Lipinski definition) is 1. The highest BCUT2D eigenvalue weighted by atomic mass is 16.2. The number of nitrogens with zero attached hydrogens (tertiary/aromatic N) is 1. The molecule has 0 radical (unpaired) electrons. The van der Waals surface area contributed by atoms with E-state index in [-0.39, 0.29) is 18.1 Å². The Labute approximate surface area is 154 Å². The highest BCUT2D eigenvalue weighted by molar-refractivity contribution is 5.84. The van der Waals surface area contributed by atoms with E-state index in [4.69, 9.17) is 0 Å². The number of amides is 1. The highest BCUT2D eigenvalue weighted by Crippen LogP contribution is 2.30. The van der Waals surface area contributed by atoms with Crippen LogP contribution in [0.25, 0.3) is 0 Å². The molecule has 3 aromatic rings. The molecule has 0 bridgehead atoms. The predicted molar refractivity (Wildman–Crippen MR) is 103 cm³/mol. The van der Waals surface area contributed by atoms with Gasteiger partial charge in [0.2, 0.25) is 5.91 Å². The van der Waals surface area contributed by atoms with Gasteiger partial charge in [0.05, 0.1) is 6.04 Å². The van der Waals surface area contributed by atoms with Crippen molar-refractivity contribution in [3.05, 3.63) is 108 Å². The molecule has 1 aliphatic heterocycles. The van der Waals surface area contributed by atoms with E-state index in [1.165, 1.54) is 11.1 Å². The first kappa shape index (κ1) is 16.6. The number of hydrogen-bond acceptors (Lipinski definition) is 2. The van der Waals surface area contributed by atoms with Gasteiger partial charge in [-0.2, -0.15) is 0 Å². The van der Waals surface area contributed by atoms with Gasteiger partial charge in [-0.1, -0.05) is 91.0 Å². The molecule has 0 aliphatic carbocycles. The lowest BCUT2D eigenvalue weighted by molar-refractivity contribution is -0.121. The molecule has 3 heteroatoms. The van der Waals surface area contributed by atoms with Crippen molar-refractivity contribution in [2.45, 2.75) is 25.2 Å². The van der Waals surface area contributed by atoms with Gasteiger partial charge in [-0.15, -0.1) is 0 Å². The molecular formula is C23H22N2O. The summed E-state index contributed by atoms with van der Waals surface area (Å²) in [5, 5.41) is 3.20. The quantitative estimate of drug-likeness (QED) is 0.762. The molecule has 4 rings (SSSR count). The maximum atomic E-state index is 12.8. The fraction of sp³-hybridized carbons (Fsp3) is 0.174. The minimum absolute atomic E-state index is 0.0960. The second kappa shape index (κ2) is 7.54. The van der Waals surface area contributed by atoms with Crippen LogP contribution in [0, 0.1) is 0 Å². The first-order valence-corrected chi connectivity index (χ1v) is 9.00. The van der Waals surface area contributed by atoms with Gasteiger partial charge in [0, 0.05) is 6.54 Å². The minimum atomic E-state index is -0.178. The van der Waals surface area contributed by atoms with E-state index >= 15 is 0 Å². The zero-order valence-electron chi connectivity index (χ0n) is 14.6. The average Bonchev–Trinajstić information content (AvgIpc) is 3.00. The summed E-state index contributed by atoms with van der Waals surface area (Å²) in [4.78, 5) is 15.1. The Morgan fingerprint density at radius 2 is 1.27 bits per heavy atom. The van der Waals surface area contributed by atoms with Crippen molar-refractivity contribution < 1.29 is 4.79 Å². The topological polar surface area (TPSA) is 32.3 Å². The van der Waals surface area contributed by atoms with Crippen molar-refractivity contribution in [2.75, 3.05) is 0 Å². The van der Waals surface area contributed by atoms with Gasteiger partial charge in [-0.05, 0) is 23.1 Å². The van der Waals surface area contributed by atoms with Gasteiger partial charge in [0.1, 0.15) is 6.17 Å². The van der Waals surface area contributed by atoms with E-state index in [9.17, 15) is 4.79 Å². The van der Waals surface area contributed by atoms with E-state index in [0.29, 0.717) is 6.42 Å². The summed E-state index contributed by atoms with van der Waals surface area (Å²) < 4.78 is 0. The molecule has 26 heavy (non-hydrogen) atoms. The van der Waals surface area contributed by atoms with Crippen molar-refractivity contribution >= 4 is 5.91 Å². The third-order valence-electron chi connectivity index (χ3n) is 4.91. The van der Waals surface area contributed by atoms with Gasteiger partial charge in [0.25, 0.3) is 0 Å². The Hall–Kier alpha value is -2.91. The lowest BCUT2D eigenvalue weighted by Crippen LogP contribution is -2.35. The Morgan fingerprint density at radius 3 is 1.88 bits per heavy atom. The summed E-state index contributed by atoms with van der Waals surface area (Å²) in [7, 11) is 0. The molecule has 1 amide bonds. The van der Waals surface area contributed by atoms with Crippen LogP contribution < -0.4 is 5.32 Å². The van der Waals surface area contributed by atoms with Crippen LogP contribution in [0.4, 0.5) is 0 Å². The Kier molecular flexibility index (Phi) is 4.80. The number of rotatable bonds is 5. The van der Waals surface area contributed by atoms with E-state index < -0.39 is 0 Å². The molecule has 0 aromatic heterocycles. The van der Waals surface area contributed by atoms with Crippen LogP contribution in [0.15, 0.2) is 91.0 Å². The fourth-order valence-electron chi connectivity index (χ4n) is 3.60. The zero-order chi connectivity index (χ0) is 17.8. The van der Waals surface area contributed by atoms with Gasteiger partial charge >= 0.3 is 0 Å². The molecule has 2 atom stereocenters. The molecule has 1 N–H and O–H groups in total. The smallest absolute Gasteiger partial charge is 0.239 e. The lowest BCUT2D eigenvalue weighted by Gasteiger charge is -2.28. The number of benzene rings is 3. The van der Waals surface area contributed by atoms with E-state index in [2.05, 4.69) is 46.6 Å². The van der Waals surface area contributed by atoms with Gasteiger partial charge < -0.3 is 5.32 Å². The highest BCUT2D eigenvalue weighted by Gasteiger charge is 2.40. The zero-order valence-corrected chi connectivity index (χ0v) is 14.6. The van der Waals surface area contributed by atoms with Crippen LogP contribution in [0.1, 0.15) is 22.9 Å². The molecular weight excluding hydrogens is 320 g/mol. The minimum Gasteiger partial charge on any atom is -0.335 e. The third kappa shape index (κ3) is 3.53. The van der Waals surface area contributed by atoms with E-state index in [0.717, 1.165) is 12.1 Å². The summed E-state index contributed by atoms with van der Waals surface area (Å²) in [6.07, 6.45) is 0.612. The summed E-state index contributed by atoms with van der Waals surface area (Å²) in [6, 6.07) is 30.6. The van der Waals surface area contributed by atoms with E-state index in [1.54, 1.807) is 0 Å². The van der Waals surface area contributed by atoms with Crippen LogP contribution in [0.5, 0.6) is 0 Å². The Balaban J connectivity index is 1.65. The van der Waals surface area contributed by atoms with Crippen LogP contribution in [0.2, 0.25) is 0 Å². The summed E-state index contributed by atoms with van der Waals surface area (Å²) in [5.74, 6) is 0.0960. The molecule has 0 spiro atoms. The number of carbonyl (C=O) groups is 1. The monoisotopic (exact) mass is 342 g/mol. The van der Waals surface area contributed by atoms with Gasteiger partial charge in [-0.3, -0.25) is 9.69 Å². The van der Waals surface area contributed by atoms with Crippen molar-refractivity contribution in [3.8, 4) is 0 Å². The lowest BCUT2D eigenvalue weighted by atomic mass is 10.0. The third-order valence-corrected chi connectivity index (χ3v) is 4.91. The normalized spacial score (nSPS) is 20.1. The largest absolute Gasteiger partial charge is 0.335 e. The van der Waals surface area contributed by atoms with Crippen molar-refractivity contribution in [2.24, 2.45) is 0 Å². The summed E-state index contributed by atoms with van der Waals surface area (Å²) >= 11 is 0. The van der Waals surface area contributed by atoms with Gasteiger partial charge in [-0.25, -0.2) is 0 Å². The molecule has 0 saturated carbocycles. The molecule has 130 valence electrons. The molecule has 1 heterocycles. The number of carbonyl (C=O) groups excluding carboxylic acids is 1. The van der Waals surface area contributed by atoms with Crippen molar-refractivity contribution in [3.63, 3.8) is 0 Å². The van der Waals surface area contributed by atoms with Crippen molar-refractivity contribution in [1.29, 1.82) is 0 Å². The van der Waals surface area contributed by atoms with Crippen LogP contribution >= 0.6 is 0 Å². The molecule has 3 nitrogen and oxygen atoms in total. The molecule has 3 aromatic carbocycles. The maximum absolute atomic E-state index is 12.8. The SMILES string of the molecule is O=C1NC(c2ccccc2)N(Cc2ccccc2)[C@H]1Cc1ccccc1. The molecule has 1 unspecified atom stereocenters. The fourth-order valence-corrected chi connectivity index (χ4v) is 3.60. The molecule has 1 aliphatic rings. The van der Waals surface area contributed by atoms with Crippen LogP contribution in [-0.2, 0) is 17.8 Å². The Bertz CT molecular complexity index is 849. The second-order valence-corrected chi connectivity index (χ2v) is 6.69. The average molecular weight is 342 g/mol. The predicted octanol–water partition coefficient (Wildman–Crippen LogP) is 3.93. The maximum Gasteiger partial charge on any atom is 0.239 e. The Morgan fingerprint density at radius 1 is 0.731 bits per heavy atom.